The van der Waals surface area contributed by atoms with Crippen molar-refractivity contribution < 1.29 is 0 Å². The average Bonchev–Trinajstić information content (AvgIpc) is 3.60. The first-order chi connectivity index (χ1) is 24.8. The van der Waals surface area contributed by atoms with Gasteiger partial charge in [-0.2, -0.15) is 0 Å². The minimum Gasteiger partial charge on any atom is -0.309 e. The summed E-state index contributed by atoms with van der Waals surface area (Å²) in [6, 6.07) is 72.2. The molecule has 2 heteroatoms. The van der Waals surface area contributed by atoms with Crippen molar-refractivity contribution in [1.82, 2.24) is 0 Å². The Labute approximate surface area is 297 Å². The molecule has 50 heavy (non-hydrogen) atoms. The normalized spacial score (nSPS) is 11.2. The molecule has 0 unspecified atom stereocenters. The van der Waals surface area contributed by atoms with E-state index in [2.05, 4.69) is 205 Å². The molecule has 0 amide bonds. The van der Waals surface area contributed by atoms with Crippen molar-refractivity contribution in [2.24, 2.45) is 0 Å². The number of anilines is 3. The number of benzene rings is 8. The van der Waals surface area contributed by atoms with Gasteiger partial charge in [0.05, 0.1) is 10.4 Å². The third-order valence-electron chi connectivity index (χ3n) is 9.50. The van der Waals surface area contributed by atoms with Crippen molar-refractivity contribution in [2.45, 2.75) is 0 Å². The maximum atomic E-state index is 2.42. The van der Waals surface area contributed by atoms with Gasteiger partial charge in [-0.1, -0.05) is 170 Å². The molecule has 8 aromatic carbocycles. The molecular weight excluding hydrogens is 623 g/mol. The van der Waals surface area contributed by atoms with E-state index >= 15 is 0 Å². The molecule has 0 N–H and O–H groups in total. The SMILES string of the molecule is c1ccc(-c2ccc(N(c3ccc(-c4ccccc4)cc3)c3cccc4c3sc3c(-c5ccccc5)ccc(-c5ccccc5)c34)cc2)cc1. The van der Waals surface area contributed by atoms with Crippen LogP contribution in [-0.4, -0.2) is 0 Å². The Balaban J connectivity index is 1.27. The second-order valence-corrected chi connectivity index (χ2v) is 13.5. The summed E-state index contributed by atoms with van der Waals surface area (Å²) < 4.78 is 2.57. The lowest BCUT2D eigenvalue weighted by Crippen LogP contribution is -2.10. The summed E-state index contributed by atoms with van der Waals surface area (Å²) in [6.45, 7) is 0. The van der Waals surface area contributed by atoms with Crippen molar-refractivity contribution in [3.8, 4) is 44.5 Å². The van der Waals surface area contributed by atoms with Crippen LogP contribution in [0.3, 0.4) is 0 Å². The highest BCUT2D eigenvalue weighted by Gasteiger charge is 2.21. The Kier molecular flexibility index (Phi) is 7.77. The highest BCUT2D eigenvalue weighted by atomic mass is 32.1. The lowest BCUT2D eigenvalue weighted by atomic mass is 9.95. The van der Waals surface area contributed by atoms with Gasteiger partial charge in [0.2, 0.25) is 0 Å². The molecule has 0 aliphatic heterocycles. The molecule has 0 spiro atoms. The van der Waals surface area contributed by atoms with E-state index in [1.807, 2.05) is 11.3 Å². The van der Waals surface area contributed by atoms with Gasteiger partial charge >= 0.3 is 0 Å². The second-order valence-electron chi connectivity index (χ2n) is 12.5. The summed E-state index contributed by atoms with van der Waals surface area (Å²) in [5.74, 6) is 0. The van der Waals surface area contributed by atoms with Gasteiger partial charge in [0.1, 0.15) is 0 Å². The number of hydrogen-bond acceptors (Lipinski definition) is 2. The monoisotopic (exact) mass is 655 g/mol. The predicted molar refractivity (Wildman–Crippen MR) is 216 cm³/mol. The number of nitrogens with zero attached hydrogens (tertiary/aromatic N) is 1. The maximum absolute atomic E-state index is 2.42. The van der Waals surface area contributed by atoms with E-state index in [0.29, 0.717) is 0 Å². The lowest BCUT2D eigenvalue weighted by molar-refractivity contribution is 1.30. The summed E-state index contributed by atoms with van der Waals surface area (Å²) in [5.41, 5.74) is 13.2. The largest absolute Gasteiger partial charge is 0.309 e. The van der Waals surface area contributed by atoms with Gasteiger partial charge in [0, 0.05) is 26.8 Å². The van der Waals surface area contributed by atoms with Crippen LogP contribution >= 0.6 is 11.3 Å². The molecule has 0 bridgehead atoms. The second kappa shape index (κ2) is 13.0. The molecule has 1 nitrogen and oxygen atoms in total. The maximum Gasteiger partial charge on any atom is 0.0640 e. The minimum atomic E-state index is 1.12. The lowest BCUT2D eigenvalue weighted by Gasteiger charge is -2.26. The van der Waals surface area contributed by atoms with Crippen molar-refractivity contribution >= 4 is 48.6 Å². The Hall–Kier alpha value is -6.22. The molecule has 1 heterocycles. The Morgan fingerprint density at radius 1 is 0.300 bits per heavy atom. The molecule has 1 aromatic heterocycles. The molecular formula is C48H33NS. The smallest absolute Gasteiger partial charge is 0.0640 e. The van der Waals surface area contributed by atoms with E-state index in [4.69, 9.17) is 0 Å². The van der Waals surface area contributed by atoms with Crippen LogP contribution in [-0.2, 0) is 0 Å². The quantitative estimate of drug-likeness (QED) is 0.165. The molecule has 0 atom stereocenters. The van der Waals surface area contributed by atoms with Crippen molar-refractivity contribution in [1.29, 1.82) is 0 Å². The zero-order valence-corrected chi connectivity index (χ0v) is 28.2. The van der Waals surface area contributed by atoms with Crippen LogP contribution < -0.4 is 4.90 Å². The first-order valence-corrected chi connectivity index (χ1v) is 17.8. The van der Waals surface area contributed by atoms with Gasteiger partial charge in [-0.05, 0) is 74.8 Å². The van der Waals surface area contributed by atoms with E-state index in [-0.39, 0.29) is 0 Å². The summed E-state index contributed by atoms with van der Waals surface area (Å²) in [7, 11) is 0. The molecule has 0 aliphatic carbocycles. The Bertz CT molecular complexity index is 2450. The van der Waals surface area contributed by atoms with Gasteiger partial charge in [0.15, 0.2) is 0 Å². The van der Waals surface area contributed by atoms with Crippen LogP contribution in [0.4, 0.5) is 17.1 Å². The third kappa shape index (κ3) is 5.46. The Morgan fingerprint density at radius 2 is 0.720 bits per heavy atom. The fourth-order valence-electron chi connectivity index (χ4n) is 7.06. The summed E-state index contributed by atoms with van der Waals surface area (Å²) in [5, 5.41) is 2.57. The van der Waals surface area contributed by atoms with Gasteiger partial charge < -0.3 is 4.90 Å². The zero-order chi connectivity index (χ0) is 33.3. The van der Waals surface area contributed by atoms with Gasteiger partial charge in [0.25, 0.3) is 0 Å². The molecule has 0 aliphatic rings. The first-order valence-electron chi connectivity index (χ1n) is 17.0. The fraction of sp³-hybridized carbons (Fsp3) is 0. The summed E-state index contributed by atoms with van der Waals surface area (Å²) in [4.78, 5) is 2.42. The molecule has 0 radical (unpaired) electrons. The fourth-order valence-corrected chi connectivity index (χ4v) is 8.43. The standard InChI is InChI=1S/C48H33NS/c1-5-14-34(15-6-1)36-24-28-40(29-25-36)49(41-30-26-37(27-31-41)35-16-7-2-8-17-35)45-23-13-22-44-46-42(38-18-9-3-10-19-38)32-33-43(48(46)50-47(44)45)39-20-11-4-12-21-39/h1-33H. The van der Waals surface area contributed by atoms with Crippen LogP contribution in [0.15, 0.2) is 200 Å². The highest BCUT2D eigenvalue weighted by Crippen LogP contribution is 2.50. The molecule has 9 aromatic rings. The van der Waals surface area contributed by atoms with Gasteiger partial charge in [-0.15, -0.1) is 11.3 Å². The van der Waals surface area contributed by atoms with E-state index in [9.17, 15) is 0 Å². The summed E-state index contributed by atoms with van der Waals surface area (Å²) >= 11 is 1.89. The van der Waals surface area contributed by atoms with Gasteiger partial charge in [-0.25, -0.2) is 0 Å². The Morgan fingerprint density at radius 3 is 1.22 bits per heavy atom. The highest BCUT2D eigenvalue weighted by molar-refractivity contribution is 7.27. The van der Waals surface area contributed by atoms with Crippen LogP contribution in [0, 0.1) is 0 Å². The predicted octanol–water partition coefficient (Wildman–Crippen LogP) is 14.2. The van der Waals surface area contributed by atoms with Crippen LogP contribution in [0.1, 0.15) is 0 Å². The first kappa shape index (κ1) is 29.9. The third-order valence-corrected chi connectivity index (χ3v) is 10.8. The number of hydrogen-bond donors (Lipinski definition) is 0. The topological polar surface area (TPSA) is 3.24 Å². The van der Waals surface area contributed by atoms with Crippen LogP contribution in [0.5, 0.6) is 0 Å². The minimum absolute atomic E-state index is 1.12. The molecule has 9 rings (SSSR count). The zero-order valence-electron chi connectivity index (χ0n) is 27.4. The van der Waals surface area contributed by atoms with Crippen LogP contribution in [0.2, 0.25) is 0 Å². The van der Waals surface area contributed by atoms with Gasteiger partial charge in [-0.3, -0.25) is 0 Å². The van der Waals surface area contributed by atoms with E-state index in [1.54, 1.807) is 0 Å². The number of thiophene rings is 1. The average molecular weight is 656 g/mol. The van der Waals surface area contributed by atoms with E-state index in [0.717, 1.165) is 11.4 Å². The van der Waals surface area contributed by atoms with Crippen molar-refractivity contribution in [3.05, 3.63) is 200 Å². The molecule has 236 valence electrons. The summed E-state index contributed by atoms with van der Waals surface area (Å²) in [6.07, 6.45) is 0. The number of fused-ring (bicyclic) bond motifs is 3. The van der Waals surface area contributed by atoms with E-state index in [1.165, 1.54) is 70.4 Å². The van der Waals surface area contributed by atoms with Crippen molar-refractivity contribution in [3.63, 3.8) is 0 Å². The molecule has 0 fully saturated rings. The molecule has 0 saturated carbocycles. The van der Waals surface area contributed by atoms with Crippen molar-refractivity contribution in [2.75, 3.05) is 4.90 Å². The number of rotatable bonds is 7. The molecule has 0 saturated heterocycles. The van der Waals surface area contributed by atoms with E-state index < -0.39 is 0 Å². The van der Waals surface area contributed by atoms with Crippen LogP contribution in [0.25, 0.3) is 64.7 Å².